The van der Waals surface area contributed by atoms with Crippen LogP contribution in [0.5, 0.6) is 0 Å². The van der Waals surface area contributed by atoms with Crippen LogP contribution in [0.1, 0.15) is 39.7 Å². The molecule has 0 radical (unpaired) electrons. The molecule has 0 bridgehead atoms. The molecular formula is C26H25ClN2O4S. The van der Waals surface area contributed by atoms with Crippen LogP contribution in [0.2, 0.25) is 5.02 Å². The van der Waals surface area contributed by atoms with Crippen molar-refractivity contribution < 1.29 is 18.0 Å². The van der Waals surface area contributed by atoms with E-state index in [1.165, 1.54) is 16.5 Å². The first-order chi connectivity index (χ1) is 16.3. The van der Waals surface area contributed by atoms with Gasteiger partial charge in [0, 0.05) is 22.8 Å². The third-order valence-electron chi connectivity index (χ3n) is 5.71. The van der Waals surface area contributed by atoms with Crippen LogP contribution in [0.3, 0.4) is 0 Å². The highest BCUT2D eigenvalue weighted by Gasteiger charge is 2.45. The van der Waals surface area contributed by atoms with E-state index in [2.05, 4.69) is 17.4 Å². The van der Waals surface area contributed by atoms with Crippen molar-refractivity contribution in [2.75, 3.05) is 17.2 Å². The molecule has 1 N–H and O–H groups in total. The van der Waals surface area contributed by atoms with Gasteiger partial charge in [-0.1, -0.05) is 60.1 Å². The second kappa shape index (κ2) is 10.4. The molecule has 1 unspecified atom stereocenters. The Balaban J connectivity index is 1.46. The third kappa shape index (κ3) is 5.48. The Kier molecular flexibility index (Phi) is 7.34. The fourth-order valence-corrected chi connectivity index (χ4v) is 6.06. The van der Waals surface area contributed by atoms with Crippen molar-refractivity contribution in [2.24, 2.45) is 0 Å². The molecule has 0 aliphatic carbocycles. The van der Waals surface area contributed by atoms with Gasteiger partial charge in [-0.2, -0.15) is 0 Å². The molecule has 3 aromatic carbocycles. The number of benzene rings is 3. The number of amides is 2. The maximum Gasteiger partial charge on any atom is 0.251 e. The second-order valence-corrected chi connectivity index (χ2v) is 10.7. The molecule has 6 nitrogen and oxygen atoms in total. The van der Waals surface area contributed by atoms with Gasteiger partial charge in [-0.25, -0.2) is 8.42 Å². The summed E-state index contributed by atoms with van der Waals surface area (Å²) < 4.78 is 25.8. The molecular weight excluding hydrogens is 472 g/mol. The zero-order chi connectivity index (χ0) is 24.1. The number of carbonyl (C=O) groups is 2. The Labute approximate surface area is 204 Å². The number of nitrogens with one attached hydrogen (secondary N) is 1. The van der Waals surface area contributed by atoms with Crippen LogP contribution < -0.4 is 10.2 Å². The first-order valence-electron chi connectivity index (χ1n) is 11.1. The second-order valence-electron chi connectivity index (χ2n) is 8.23. The number of hydrogen-bond acceptors (Lipinski definition) is 4. The minimum atomic E-state index is -3.79. The molecule has 2 amide bonds. The van der Waals surface area contributed by atoms with Crippen LogP contribution in [-0.2, 0) is 21.1 Å². The summed E-state index contributed by atoms with van der Waals surface area (Å²) in [6, 6.07) is 23.1. The summed E-state index contributed by atoms with van der Waals surface area (Å²) in [5, 5.41) is 2.08. The molecule has 1 heterocycles. The summed E-state index contributed by atoms with van der Waals surface area (Å²) >= 11 is 6.07. The molecule has 1 aliphatic rings. The topological polar surface area (TPSA) is 83.6 Å². The van der Waals surface area contributed by atoms with E-state index in [1.54, 1.807) is 42.5 Å². The van der Waals surface area contributed by atoms with Crippen LogP contribution in [0.15, 0.2) is 78.9 Å². The number of sulfone groups is 1. The quantitative estimate of drug-likeness (QED) is 0.464. The fourth-order valence-electron chi connectivity index (χ4n) is 4.11. The summed E-state index contributed by atoms with van der Waals surface area (Å²) in [6.45, 7) is 0.519. The van der Waals surface area contributed by atoms with Gasteiger partial charge in [-0.15, -0.1) is 0 Å². The van der Waals surface area contributed by atoms with Gasteiger partial charge in [0.2, 0.25) is 5.91 Å². The minimum absolute atomic E-state index is 0.280. The van der Waals surface area contributed by atoms with Crippen molar-refractivity contribution in [2.45, 2.75) is 24.6 Å². The molecule has 34 heavy (non-hydrogen) atoms. The summed E-state index contributed by atoms with van der Waals surface area (Å²) in [5.41, 5.74) is 2.37. The number of unbranched alkanes of at least 4 members (excludes halogenated alkanes) is 1. The van der Waals surface area contributed by atoms with Gasteiger partial charge in [0.05, 0.1) is 0 Å². The van der Waals surface area contributed by atoms with Gasteiger partial charge in [0.1, 0.15) is 5.75 Å². The van der Waals surface area contributed by atoms with Crippen LogP contribution >= 0.6 is 11.6 Å². The largest absolute Gasteiger partial charge is 0.352 e. The number of rotatable bonds is 8. The maximum absolute atomic E-state index is 12.9. The Bertz CT molecular complexity index is 1290. The molecule has 4 rings (SSSR count). The SMILES string of the molecule is O=C(NCCCCc1ccccc1)c1cccc(C2N(c3cccc(Cl)c3)C(=O)CS2(=O)=O)c1. The highest BCUT2D eigenvalue weighted by molar-refractivity contribution is 7.93. The Hall–Kier alpha value is -3.16. The molecule has 0 aromatic heterocycles. The molecule has 1 aliphatic heterocycles. The lowest BCUT2D eigenvalue weighted by molar-refractivity contribution is -0.115. The number of halogens is 1. The van der Waals surface area contributed by atoms with Crippen molar-refractivity contribution in [3.05, 3.63) is 101 Å². The van der Waals surface area contributed by atoms with Crippen molar-refractivity contribution in [3.63, 3.8) is 0 Å². The van der Waals surface area contributed by atoms with Crippen LogP contribution in [0.25, 0.3) is 0 Å². The van der Waals surface area contributed by atoms with E-state index in [4.69, 9.17) is 11.6 Å². The lowest BCUT2D eigenvalue weighted by Gasteiger charge is -2.24. The summed E-state index contributed by atoms with van der Waals surface area (Å²) in [7, 11) is -3.79. The zero-order valence-electron chi connectivity index (χ0n) is 18.5. The van der Waals surface area contributed by atoms with Crippen molar-refractivity contribution in [1.29, 1.82) is 0 Å². The van der Waals surface area contributed by atoms with E-state index in [1.807, 2.05) is 18.2 Å². The Morgan fingerprint density at radius 2 is 1.74 bits per heavy atom. The third-order valence-corrected chi connectivity index (χ3v) is 7.76. The zero-order valence-corrected chi connectivity index (χ0v) is 20.1. The average Bonchev–Trinajstić information content (AvgIpc) is 3.07. The van der Waals surface area contributed by atoms with Crippen molar-refractivity contribution in [1.82, 2.24) is 5.32 Å². The predicted molar refractivity (Wildman–Crippen MR) is 134 cm³/mol. The molecule has 0 spiro atoms. The standard InChI is InChI=1S/C26H25ClN2O4S/c27-22-13-7-14-23(17-22)29-24(30)18-34(32,33)26(29)21-12-6-11-20(16-21)25(31)28-15-5-4-10-19-8-2-1-3-9-19/h1-3,6-9,11-14,16-17,26H,4-5,10,15,18H2,(H,28,31). The van der Waals surface area contributed by atoms with E-state index in [-0.39, 0.29) is 5.91 Å². The molecule has 0 saturated carbocycles. The lowest BCUT2D eigenvalue weighted by Crippen LogP contribution is -2.29. The smallest absolute Gasteiger partial charge is 0.251 e. The van der Waals surface area contributed by atoms with E-state index >= 15 is 0 Å². The first-order valence-corrected chi connectivity index (χ1v) is 13.2. The monoisotopic (exact) mass is 496 g/mol. The van der Waals surface area contributed by atoms with E-state index in [0.717, 1.165) is 19.3 Å². The fraction of sp³-hybridized carbons (Fsp3) is 0.231. The summed E-state index contributed by atoms with van der Waals surface area (Å²) in [6.07, 6.45) is 2.72. The van der Waals surface area contributed by atoms with E-state index in [0.29, 0.717) is 28.4 Å². The molecule has 1 fully saturated rings. The molecule has 1 atom stereocenters. The van der Waals surface area contributed by atoms with Gasteiger partial charge in [0.15, 0.2) is 15.2 Å². The number of hydrogen-bond donors (Lipinski definition) is 1. The predicted octanol–water partition coefficient (Wildman–Crippen LogP) is 4.55. The average molecular weight is 497 g/mol. The molecule has 8 heteroatoms. The molecule has 3 aromatic rings. The van der Waals surface area contributed by atoms with Gasteiger partial charge in [0.25, 0.3) is 5.91 Å². The highest BCUT2D eigenvalue weighted by atomic mass is 35.5. The van der Waals surface area contributed by atoms with Gasteiger partial charge in [-0.05, 0) is 60.7 Å². The van der Waals surface area contributed by atoms with Crippen LogP contribution in [0, 0.1) is 0 Å². The first kappa shape index (κ1) is 24.0. The highest BCUT2D eigenvalue weighted by Crippen LogP contribution is 2.38. The van der Waals surface area contributed by atoms with Crippen molar-refractivity contribution >= 4 is 38.9 Å². The Morgan fingerprint density at radius 1 is 0.971 bits per heavy atom. The number of carbonyl (C=O) groups excluding carboxylic acids is 2. The lowest BCUT2D eigenvalue weighted by atomic mass is 10.1. The van der Waals surface area contributed by atoms with Gasteiger partial charge >= 0.3 is 0 Å². The normalized spacial score (nSPS) is 17.0. The molecule has 176 valence electrons. The number of anilines is 1. The number of aryl methyl sites for hydroxylation is 1. The Morgan fingerprint density at radius 3 is 2.50 bits per heavy atom. The minimum Gasteiger partial charge on any atom is -0.352 e. The van der Waals surface area contributed by atoms with Gasteiger partial charge in [-0.3, -0.25) is 14.5 Å². The number of nitrogens with zero attached hydrogens (tertiary/aromatic N) is 1. The maximum atomic E-state index is 12.9. The van der Waals surface area contributed by atoms with Crippen LogP contribution in [0.4, 0.5) is 5.69 Å². The van der Waals surface area contributed by atoms with E-state index in [9.17, 15) is 18.0 Å². The van der Waals surface area contributed by atoms with E-state index < -0.39 is 26.9 Å². The van der Waals surface area contributed by atoms with Gasteiger partial charge < -0.3 is 5.32 Å². The summed E-state index contributed by atoms with van der Waals surface area (Å²) in [4.78, 5) is 26.6. The molecule has 1 saturated heterocycles. The summed E-state index contributed by atoms with van der Waals surface area (Å²) in [5.74, 6) is -1.40. The van der Waals surface area contributed by atoms with Crippen LogP contribution in [-0.4, -0.2) is 32.5 Å². The van der Waals surface area contributed by atoms with Crippen molar-refractivity contribution in [3.8, 4) is 0 Å².